The molecule has 2 aliphatic rings. The maximum Gasteiger partial charge on any atom is 0.266 e. The van der Waals surface area contributed by atoms with Gasteiger partial charge in [0, 0.05) is 47.6 Å². The van der Waals surface area contributed by atoms with Crippen molar-refractivity contribution in [3.8, 4) is 0 Å². The number of likely N-dealkylation sites (tertiary alicyclic amines) is 1. The number of hydrogen-bond donors (Lipinski definition) is 0. The third kappa shape index (κ3) is 4.52. The molecule has 0 spiro atoms. The van der Waals surface area contributed by atoms with E-state index >= 15 is 0 Å². The van der Waals surface area contributed by atoms with Gasteiger partial charge in [0.2, 0.25) is 5.91 Å². The first-order chi connectivity index (χ1) is 16.5. The van der Waals surface area contributed by atoms with Crippen molar-refractivity contribution in [2.45, 2.75) is 45.3 Å². The van der Waals surface area contributed by atoms with Gasteiger partial charge in [0.25, 0.3) is 5.91 Å². The summed E-state index contributed by atoms with van der Waals surface area (Å²) in [5.41, 5.74) is 2.83. The lowest BCUT2D eigenvalue weighted by Gasteiger charge is -2.33. The number of carbonyl (C=O) groups excluding carboxylic acids is 2. The van der Waals surface area contributed by atoms with E-state index in [0.29, 0.717) is 22.3 Å². The highest BCUT2D eigenvalue weighted by Crippen LogP contribution is 2.35. The number of piperidine rings is 1. The van der Waals surface area contributed by atoms with Gasteiger partial charge in [-0.1, -0.05) is 48.2 Å². The van der Waals surface area contributed by atoms with E-state index in [1.54, 1.807) is 17.3 Å². The molecule has 0 radical (unpaired) electrons. The predicted octanol–water partition coefficient (Wildman–Crippen LogP) is 4.84. The van der Waals surface area contributed by atoms with Crippen LogP contribution in [-0.4, -0.2) is 48.1 Å². The Kier molecular flexibility index (Phi) is 6.52. The lowest BCUT2D eigenvalue weighted by Crippen LogP contribution is -2.43. The Morgan fingerprint density at radius 3 is 2.88 bits per heavy atom. The van der Waals surface area contributed by atoms with Crippen LogP contribution in [0.5, 0.6) is 0 Å². The zero-order valence-electron chi connectivity index (χ0n) is 19.0. The zero-order chi connectivity index (χ0) is 23.7. The number of thioether (sulfide) groups is 1. The first-order valence-electron chi connectivity index (χ1n) is 11.5. The van der Waals surface area contributed by atoms with Crippen molar-refractivity contribution in [3.05, 3.63) is 71.0 Å². The number of fused-ring (bicyclic) bond motifs is 1. The third-order valence-electron chi connectivity index (χ3n) is 6.47. The van der Waals surface area contributed by atoms with Gasteiger partial charge >= 0.3 is 0 Å². The lowest BCUT2D eigenvalue weighted by atomic mass is 10.0. The van der Waals surface area contributed by atoms with E-state index in [2.05, 4.69) is 11.9 Å². The summed E-state index contributed by atoms with van der Waals surface area (Å²) in [5, 5.41) is 1.01. The largest absolute Gasteiger partial charge is 0.338 e. The summed E-state index contributed by atoms with van der Waals surface area (Å²) in [6.45, 7) is 3.65. The molecule has 0 bridgehead atoms. The summed E-state index contributed by atoms with van der Waals surface area (Å²) in [6.07, 6.45) is 10.6. The molecule has 0 saturated carbocycles. The van der Waals surface area contributed by atoms with E-state index in [1.807, 2.05) is 58.1 Å². The maximum absolute atomic E-state index is 13.1. The van der Waals surface area contributed by atoms with Gasteiger partial charge in [0.15, 0.2) is 0 Å². The summed E-state index contributed by atoms with van der Waals surface area (Å²) < 4.78 is 2.54. The Morgan fingerprint density at radius 2 is 2.09 bits per heavy atom. The van der Waals surface area contributed by atoms with Crippen LogP contribution in [0.3, 0.4) is 0 Å². The standard InChI is InChI=1S/C26H26N4O2S2/c1-18-7-4-5-12-29(18)24(31)17-28-16-20(21-9-2-3-10-22(21)28)13-23-25(32)30(26(33)34-23)15-19-8-6-11-27-14-19/h2-3,6,8-11,13-14,16,18H,4-5,7,12,15,17H2,1H3/b23-13-/t18-/m1/s1. The Hall–Kier alpha value is -2.97. The maximum atomic E-state index is 13.1. The zero-order valence-corrected chi connectivity index (χ0v) is 20.6. The predicted molar refractivity (Wildman–Crippen MR) is 140 cm³/mol. The first kappa shape index (κ1) is 22.8. The van der Waals surface area contributed by atoms with Crippen LogP contribution >= 0.6 is 24.0 Å². The van der Waals surface area contributed by atoms with E-state index in [4.69, 9.17) is 12.2 Å². The Labute approximate surface area is 208 Å². The van der Waals surface area contributed by atoms with Crippen molar-refractivity contribution < 1.29 is 9.59 Å². The molecule has 5 rings (SSSR count). The number of aromatic nitrogens is 2. The molecule has 1 atom stereocenters. The number of rotatable bonds is 5. The van der Waals surface area contributed by atoms with E-state index in [1.165, 1.54) is 18.2 Å². The summed E-state index contributed by atoms with van der Waals surface area (Å²) in [4.78, 5) is 34.6. The average molecular weight is 491 g/mol. The number of thiocarbonyl (C=S) groups is 1. The van der Waals surface area contributed by atoms with Crippen LogP contribution in [0.1, 0.15) is 37.3 Å². The molecule has 0 N–H and O–H groups in total. The molecule has 34 heavy (non-hydrogen) atoms. The smallest absolute Gasteiger partial charge is 0.266 e. The van der Waals surface area contributed by atoms with Crippen molar-refractivity contribution in [2.75, 3.05) is 6.54 Å². The molecular weight excluding hydrogens is 464 g/mol. The molecule has 174 valence electrons. The molecule has 8 heteroatoms. The number of para-hydroxylation sites is 1. The van der Waals surface area contributed by atoms with Crippen LogP contribution in [0, 0.1) is 0 Å². The SMILES string of the molecule is C[C@@H]1CCCCN1C(=O)Cn1cc(/C=C2\SC(=S)N(Cc3cccnc3)C2=O)c2ccccc21. The summed E-state index contributed by atoms with van der Waals surface area (Å²) in [5.74, 6) is 0.0381. The average Bonchev–Trinajstić information content (AvgIpc) is 3.32. The molecule has 2 saturated heterocycles. The molecule has 1 aromatic carbocycles. The van der Waals surface area contributed by atoms with Gasteiger partial charge in [-0.05, 0) is 50.0 Å². The van der Waals surface area contributed by atoms with Gasteiger partial charge in [-0.25, -0.2) is 0 Å². The van der Waals surface area contributed by atoms with E-state index < -0.39 is 0 Å². The van der Waals surface area contributed by atoms with Crippen LogP contribution in [0.2, 0.25) is 0 Å². The molecule has 2 amide bonds. The highest BCUT2D eigenvalue weighted by atomic mass is 32.2. The van der Waals surface area contributed by atoms with Crippen molar-refractivity contribution in [1.82, 2.24) is 19.4 Å². The van der Waals surface area contributed by atoms with Gasteiger partial charge < -0.3 is 9.47 Å². The Morgan fingerprint density at radius 1 is 1.24 bits per heavy atom. The van der Waals surface area contributed by atoms with E-state index in [0.717, 1.165) is 41.4 Å². The summed E-state index contributed by atoms with van der Waals surface area (Å²) >= 11 is 6.82. The first-order valence-corrected chi connectivity index (χ1v) is 12.8. The van der Waals surface area contributed by atoms with E-state index in [-0.39, 0.29) is 17.9 Å². The van der Waals surface area contributed by atoms with Gasteiger partial charge in [-0.2, -0.15) is 0 Å². The highest BCUT2D eigenvalue weighted by Gasteiger charge is 2.32. The number of hydrogen-bond acceptors (Lipinski definition) is 5. The fourth-order valence-electron chi connectivity index (χ4n) is 4.68. The lowest BCUT2D eigenvalue weighted by molar-refractivity contribution is -0.135. The number of nitrogens with zero attached hydrogens (tertiary/aromatic N) is 4. The highest BCUT2D eigenvalue weighted by molar-refractivity contribution is 8.26. The fraction of sp³-hybridized carbons (Fsp3) is 0.308. The van der Waals surface area contributed by atoms with Gasteiger partial charge in [-0.15, -0.1) is 0 Å². The third-order valence-corrected chi connectivity index (χ3v) is 7.85. The number of pyridine rings is 1. The van der Waals surface area contributed by atoms with Crippen molar-refractivity contribution in [3.63, 3.8) is 0 Å². The van der Waals surface area contributed by atoms with Crippen LogP contribution in [0.15, 0.2) is 59.9 Å². The van der Waals surface area contributed by atoms with Crippen LogP contribution in [0.25, 0.3) is 17.0 Å². The van der Waals surface area contributed by atoms with Gasteiger partial charge in [-0.3, -0.25) is 19.5 Å². The fourth-order valence-corrected chi connectivity index (χ4v) is 5.92. The summed E-state index contributed by atoms with van der Waals surface area (Å²) in [7, 11) is 0. The number of benzene rings is 1. The molecule has 2 aliphatic heterocycles. The number of amides is 2. The van der Waals surface area contributed by atoms with Crippen LogP contribution in [0.4, 0.5) is 0 Å². The molecular formula is C26H26N4O2S2. The van der Waals surface area contributed by atoms with Gasteiger partial charge in [0.1, 0.15) is 10.9 Å². The Bertz CT molecular complexity index is 1280. The van der Waals surface area contributed by atoms with Crippen molar-refractivity contribution in [1.29, 1.82) is 0 Å². The second-order valence-corrected chi connectivity index (χ2v) is 10.5. The minimum atomic E-state index is -0.103. The van der Waals surface area contributed by atoms with Crippen LogP contribution < -0.4 is 0 Å². The molecule has 2 fully saturated rings. The molecule has 0 aliphatic carbocycles. The molecule has 3 aromatic rings. The molecule has 4 heterocycles. The van der Waals surface area contributed by atoms with Crippen molar-refractivity contribution >= 4 is 57.1 Å². The second kappa shape index (κ2) is 9.72. The van der Waals surface area contributed by atoms with Crippen molar-refractivity contribution in [2.24, 2.45) is 0 Å². The monoisotopic (exact) mass is 490 g/mol. The molecule has 2 aromatic heterocycles. The van der Waals surface area contributed by atoms with E-state index in [9.17, 15) is 9.59 Å². The minimum absolute atomic E-state index is 0.103. The normalized spacial score (nSPS) is 20.0. The van der Waals surface area contributed by atoms with Crippen LogP contribution in [-0.2, 0) is 22.7 Å². The Balaban J connectivity index is 1.41. The quantitative estimate of drug-likeness (QED) is 0.378. The topological polar surface area (TPSA) is 58.4 Å². The summed E-state index contributed by atoms with van der Waals surface area (Å²) in [6, 6.07) is 12.1. The molecule has 0 unspecified atom stereocenters. The second-order valence-electron chi connectivity index (χ2n) is 8.79. The molecule has 6 nitrogen and oxygen atoms in total. The number of carbonyl (C=O) groups is 2. The minimum Gasteiger partial charge on any atom is -0.338 e. The van der Waals surface area contributed by atoms with Gasteiger partial charge in [0.05, 0.1) is 11.4 Å².